The second kappa shape index (κ2) is 9.93. The van der Waals surface area contributed by atoms with Crippen LogP contribution < -0.4 is 10.6 Å². The Bertz CT molecular complexity index is 785. The number of amides is 2. The molecular weight excluding hydrogens is 350 g/mol. The lowest BCUT2D eigenvalue weighted by molar-refractivity contribution is -0.120. The summed E-state index contributed by atoms with van der Waals surface area (Å²) in [5.74, 6) is -0.0380. The highest BCUT2D eigenvalue weighted by Gasteiger charge is 2.16. The number of anilines is 1. The van der Waals surface area contributed by atoms with Crippen LogP contribution in [0.5, 0.6) is 0 Å². The van der Waals surface area contributed by atoms with Crippen LogP contribution in [0.3, 0.4) is 0 Å². The van der Waals surface area contributed by atoms with Gasteiger partial charge in [-0.05, 0) is 36.6 Å². The smallest absolute Gasteiger partial charge is 0.253 e. The molecule has 1 aliphatic carbocycles. The van der Waals surface area contributed by atoms with Gasteiger partial charge in [-0.1, -0.05) is 55.7 Å². The monoisotopic (exact) mass is 379 g/mol. The molecular formula is C23H29N3O2. The Kier molecular flexibility index (Phi) is 7.06. The van der Waals surface area contributed by atoms with Gasteiger partial charge in [0.2, 0.25) is 5.91 Å². The van der Waals surface area contributed by atoms with E-state index < -0.39 is 0 Å². The van der Waals surface area contributed by atoms with Crippen molar-refractivity contribution in [2.45, 2.75) is 44.7 Å². The first kappa shape index (κ1) is 19.9. The van der Waals surface area contributed by atoms with Crippen molar-refractivity contribution in [2.24, 2.45) is 0 Å². The van der Waals surface area contributed by atoms with Gasteiger partial charge in [0, 0.05) is 30.9 Å². The van der Waals surface area contributed by atoms with Crippen LogP contribution in [0.2, 0.25) is 0 Å². The summed E-state index contributed by atoms with van der Waals surface area (Å²) in [5.41, 5.74) is 2.47. The minimum Gasteiger partial charge on any atom is -0.376 e. The van der Waals surface area contributed by atoms with Gasteiger partial charge >= 0.3 is 0 Å². The van der Waals surface area contributed by atoms with Gasteiger partial charge in [-0.3, -0.25) is 9.59 Å². The normalized spacial score (nSPS) is 14.3. The van der Waals surface area contributed by atoms with Crippen molar-refractivity contribution in [2.75, 3.05) is 18.9 Å². The van der Waals surface area contributed by atoms with E-state index in [1.165, 1.54) is 19.3 Å². The van der Waals surface area contributed by atoms with Crippen molar-refractivity contribution in [1.82, 2.24) is 10.2 Å². The number of carbonyl (C=O) groups excluding carboxylic acids is 2. The van der Waals surface area contributed by atoms with Crippen molar-refractivity contribution in [3.05, 3.63) is 65.7 Å². The molecule has 5 nitrogen and oxygen atoms in total. The van der Waals surface area contributed by atoms with Crippen LogP contribution in [0.25, 0.3) is 0 Å². The number of nitrogens with one attached hydrogen (secondary N) is 2. The second-order valence-electron chi connectivity index (χ2n) is 7.48. The summed E-state index contributed by atoms with van der Waals surface area (Å²) in [6.45, 7) is 0.773. The summed E-state index contributed by atoms with van der Waals surface area (Å²) >= 11 is 0. The van der Waals surface area contributed by atoms with Crippen LogP contribution in [0.1, 0.15) is 48.0 Å². The van der Waals surface area contributed by atoms with Gasteiger partial charge in [-0.25, -0.2) is 0 Å². The van der Waals surface area contributed by atoms with Gasteiger partial charge < -0.3 is 15.5 Å². The molecule has 1 saturated carbocycles. The third-order valence-corrected chi connectivity index (χ3v) is 5.14. The Morgan fingerprint density at radius 2 is 1.75 bits per heavy atom. The number of benzene rings is 2. The molecule has 1 aliphatic rings. The van der Waals surface area contributed by atoms with E-state index >= 15 is 0 Å². The zero-order valence-corrected chi connectivity index (χ0v) is 16.5. The molecule has 2 amide bonds. The standard InChI is InChI=1S/C23H29N3O2/c1-26(17-18-9-4-2-5-10-18)23(28)19-11-8-14-21(15-19)24-16-22(27)25-20-12-6-3-7-13-20/h2,4-5,8-11,14-15,20,24H,3,6-7,12-13,16-17H2,1H3,(H,25,27). The van der Waals surface area contributed by atoms with Crippen LogP contribution in [0, 0.1) is 0 Å². The van der Waals surface area contributed by atoms with Gasteiger partial charge in [-0.2, -0.15) is 0 Å². The molecule has 2 N–H and O–H groups in total. The molecule has 0 bridgehead atoms. The molecule has 28 heavy (non-hydrogen) atoms. The fraction of sp³-hybridized carbons (Fsp3) is 0.391. The van der Waals surface area contributed by atoms with Crippen molar-refractivity contribution in [3.63, 3.8) is 0 Å². The number of hydrogen-bond acceptors (Lipinski definition) is 3. The average molecular weight is 380 g/mol. The highest BCUT2D eigenvalue weighted by Crippen LogP contribution is 2.17. The molecule has 2 aromatic carbocycles. The van der Waals surface area contributed by atoms with E-state index in [1.54, 1.807) is 24.1 Å². The molecule has 5 heteroatoms. The van der Waals surface area contributed by atoms with Gasteiger partial charge in [0.15, 0.2) is 0 Å². The fourth-order valence-corrected chi connectivity index (χ4v) is 3.62. The fourth-order valence-electron chi connectivity index (χ4n) is 3.62. The summed E-state index contributed by atoms with van der Waals surface area (Å²) in [6, 6.07) is 17.5. The molecule has 0 aromatic heterocycles. The second-order valence-corrected chi connectivity index (χ2v) is 7.48. The first-order valence-electron chi connectivity index (χ1n) is 10.0. The summed E-state index contributed by atoms with van der Waals surface area (Å²) in [5, 5.41) is 6.23. The molecule has 1 fully saturated rings. The molecule has 0 spiro atoms. The molecule has 0 saturated heterocycles. The molecule has 2 aromatic rings. The van der Waals surface area contributed by atoms with Gasteiger partial charge in [0.1, 0.15) is 0 Å². The minimum atomic E-state index is -0.0424. The topological polar surface area (TPSA) is 61.4 Å². The Hall–Kier alpha value is -2.82. The number of nitrogens with zero attached hydrogens (tertiary/aromatic N) is 1. The van der Waals surface area contributed by atoms with Crippen LogP contribution in [-0.2, 0) is 11.3 Å². The highest BCUT2D eigenvalue weighted by atomic mass is 16.2. The van der Waals surface area contributed by atoms with Crippen LogP contribution in [0.4, 0.5) is 5.69 Å². The Balaban J connectivity index is 1.52. The maximum atomic E-state index is 12.7. The zero-order valence-electron chi connectivity index (χ0n) is 16.5. The summed E-state index contributed by atoms with van der Waals surface area (Å²) < 4.78 is 0. The van der Waals surface area contributed by atoms with E-state index in [0.717, 1.165) is 24.1 Å². The van der Waals surface area contributed by atoms with E-state index in [2.05, 4.69) is 10.6 Å². The van der Waals surface area contributed by atoms with E-state index in [-0.39, 0.29) is 18.4 Å². The minimum absolute atomic E-state index is 0.00447. The van der Waals surface area contributed by atoms with E-state index in [0.29, 0.717) is 18.2 Å². The van der Waals surface area contributed by atoms with Crippen molar-refractivity contribution >= 4 is 17.5 Å². The largest absolute Gasteiger partial charge is 0.376 e. The Labute approximate surface area is 167 Å². The number of rotatable bonds is 7. The predicted octanol–water partition coefficient (Wildman–Crippen LogP) is 3.82. The summed E-state index contributed by atoms with van der Waals surface area (Å²) in [4.78, 5) is 26.6. The number of hydrogen-bond donors (Lipinski definition) is 2. The highest BCUT2D eigenvalue weighted by molar-refractivity contribution is 5.95. The Morgan fingerprint density at radius 1 is 1.00 bits per heavy atom. The molecule has 0 atom stereocenters. The molecule has 0 aliphatic heterocycles. The van der Waals surface area contributed by atoms with Crippen molar-refractivity contribution in [3.8, 4) is 0 Å². The summed E-state index contributed by atoms with van der Waals surface area (Å²) in [6.07, 6.45) is 5.80. The molecule has 3 rings (SSSR count). The average Bonchev–Trinajstić information content (AvgIpc) is 2.73. The van der Waals surface area contributed by atoms with Crippen LogP contribution in [0.15, 0.2) is 54.6 Å². The third kappa shape index (κ3) is 5.84. The van der Waals surface area contributed by atoms with E-state index in [1.807, 2.05) is 42.5 Å². The Morgan fingerprint density at radius 3 is 2.50 bits per heavy atom. The van der Waals surface area contributed by atoms with Gasteiger partial charge in [0.05, 0.1) is 6.54 Å². The van der Waals surface area contributed by atoms with E-state index in [4.69, 9.17) is 0 Å². The molecule has 0 heterocycles. The summed E-state index contributed by atoms with van der Waals surface area (Å²) in [7, 11) is 1.80. The predicted molar refractivity (Wildman–Crippen MR) is 112 cm³/mol. The van der Waals surface area contributed by atoms with Crippen molar-refractivity contribution < 1.29 is 9.59 Å². The van der Waals surface area contributed by atoms with Gasteiger partial charge in [-0.15, -0.1) is 0 Å². The lowest BCUT2D eigenvalue weighted by Crippen LogP contribution is -2.39. The maximum Gasteiger partial charge on any atom is 0.253 e. The first-order chi connectivity index (χ1) is 13.6. The molecule has 0 radical (unpaired) electrons. The SMILES string of the molecule is CN(Cc1ccccc1)C(=O)c1cccc(NCC(=O)NC2CCCCC2)c1. The third-order valence-electron chi connectivity index (χ3n) is 5.14. The molecule has 148 valence electrons. The lowest BCUT2D eigenvalue weighted by atomic mass is 9.95. The van der Waals surface area contributed by atoms with Crippen LogP contribution >= 0.6 is 0 Å². The lowest BCUT2D eigenvalue weighted by Gasteiger charge is -2.23. The quantitative estimate of drug-likeness (QED) is 0.769. The molecule has 0 unspecified atom stereocenters. The van der Waals surface area contributed by atoms with Crippen molar-refractivity contribution in [1.29, 1.82) is 0 Å². The number of carbonyl (C=O) groups is 2. The maximum absolute atomic E-state index is 12.7. The van der Waals surface area contributed by atoms with Crippen LogP contribution in [-0.4, -0.2) is 36.3 Å². The zero-order chi connectivity index (χ0) is 19.8. The van der Waals surface area contributed by atoms with Gasteiger partial charge in [0.25, 0.3) is 5.91 Å². The first-order valence-corrected chi connectivity index (χ1v) is 10.0. The van der Waals surface area contributed by atoms with E-state index in [9.17, 15) is 9.59 Å².